The van der Waals surface area contributed by atoms with Crippen LogP contribution in [0.4, 0.5) is 4.39 Å². The highest BCUT2D eigenvalue weighted by Crippen LogP contribution is 2.34. The van der Waals surface area contributed by atoms with Crippen LogP contribution in [-0.4, -0.2) is 0 Å². The van der Waals surface area contributed by atoms with Crippen LogP contribution in [0.25, 0.3) is 10.8 Å². The van der Waals surface area contributed by atoms with Crippen LogP contribution >= 0.6 is 11.6 Å². The molecule has 0 bridgehead atoms. The predicted molar refractivity (Wildman–Crippen MR) is 82.8 cm³/mol. The maximum absolute atomic E-state index is 13.9. The van der Waals surface area contributed by atoms with E-state index in [0.717, 1.165) is 16.5 Å². The third-order valence-corrected chi connectivity index (χ3v) is 4.00. The maximum Gasteiger partial charge on any atom is 0.131 e. The Bertz CT molecular complexity index is 764. The molecule has 0 heterocycles. The minimum absolute atomic E-state index is 0.211. The van der Waals surface area contributed by atoms with Crippen molar-refractivity contribution in [2.75, 3.05) is 0 Å². The second kappa shape index (κ2) is 5.26. The summed E-state index contributed by atoms with van der Waals surface area (Å²) >= 11 is 6.61. The number of fused-ring (bicyclic) bond motifs is 1. The van der Waals surface area contributed by atoms with Crippen LogP contribution in [0.15, 0.2) is 60.7 Å². The number of rotatable bonds is 2. The van der Waals surface area contributed by atoms with E-state index >= 15 is 0 Å². The zero-order valence-corrected chi connectivity index (χ0v) is 11.9. The van der Waals surface area contributed by atoms with Crippen molar-refractivity contribution in [2.45, 2.75) is 12.3 Å². The zero-order valence-electron chi connectivity index (χ0n) is 11.1. The Kier molecular flexibility index (Phi) is 3.45. The van der Waals surface area contributed by atoms with Crippen molar-refractivity contribution >= 4 is 22.4 Å². The average Bonchev–Trinajstić information content (AvgIpc) is 2.47. The first-order chi connectivity index (χ1) is 9.66. The minimum atomic E-state index is -0.277. The van der Waals surface area contributed by atoms with Gasteiger partial charge < -0.3 is 0 Å². The lowest BCUT2D eigenvalue weighted by Crippen LogP contribution is -1.96. The van der Waals surface area contributed by atoms with Crippen molar-refractivity contribution in [1.82, 2.24) is 0 Å². The van der Waals surface area contributed by atoms with Crippen LogP contribution in [0.5, 0.6) is 0 Å². The first kappa shape index (κ1) is 13.1. The molecule has 3 rings (SSSR count). The Labute approximate surface area is 122 Å². The second-order valence-electron chi connectivity index (χ2n) is 4.96. The molecule has 0 aromatic heterocycles. The fourth-order valence-electron chi connectivity index (χ4n) is 2.51. The molecule has 0 aliphatic heterocycles. The molecular formula is C18H14ClF. The van der Waals surface area contributed by atoms with E-state index in [1.54, 1.807) is 12.1 Å². The van der Waals surface area contributed by atoms with Crippen molar-refractivity contribution in [1.29, 1.82) is 0 Å². The van der Waals surface area contributed by atoms with Gasteiger partial charge in [0.15, 0.2) is 0 Å². The summed E-state index contributed by atoms with van der Waals surface area (Å²) in [6, 6.07) is 18.8. The molecule has 1 unspecified atom stereocenters. The Balaban J connectivity index is 2.17. The number of aryl methyl sites for hydroxylation is 1. The van der Waals surface area contributed by atoms with Crippen LogP contribution in [-0.2, 0) is 0 Å². The van der Waals surface area contributed by atoms with E-state index in [9.17, 15) is 4.39 Å². The van der Waals surface area contributed by atoms with E-state index < -0.39 is 0 Å². The van der Waals surface area contributed by atoms with Gasteiger partial charge in [0, 0.05) is 5.39 Å². The SMILES string of the molecule is Cc1cccc(C(Cl)c2ccc(F)c3ccccc23)c1. The third-order valence-electron chi connectivity index (χ3n) is 3.51. The summed E-state index contributed by atoms with van der Waals surface area (Å²) in [7, 11) is 0. The van der Waals surface area contributed by atoms with Crippen molar-refractivity contribution in [3.63, 3.8) is 0 Å². The van der Waals surface area contributed by atoms with Crippen molar-refractivity contribution in [3.8, 4) is 0 Å². The highest BCUT2D eigenvalue weighted by atomic mass is 35.5. The molecule has 0 saturated carbocycles. The number of hydrogen-bond donors (Lipinski definition) is 0. The standard InChI is InChI=1S/C18H14ClF/c1-12-5-4-6-13(11-12)18(19)16-9-10-17(20)15-8-3-2-7-14(15)16/h2-11,18H,1H3. The molecule has 0 saturated heterocycles. The molecule has 0 fully saturated rings. The lowest BCUT2D eigenvalue weighted by atomic mass is 9.97. The smallest absolute Gasteiger partial charge is 0.131 e. The monoisotopic (exact) mass is 284 g/mol. The average molecular weight is 285 g/mol. The van der Waals surface area contributed by atoms with E-state index in [1.807, 2.05) is 43.3 Å². The Hall–Kier alpha value is -1.86. The number of alkyl halides is 1. The molecule has 2 heteroatoms. The lowest BCUT2D eigenvalue weighted by molar-refractivity contribution is 0.639. The molecular weight excluding hydrogens is 271 g/mol. The van der Waals surface area contributed by atoms with Crippen LogP contribution in [0, 0.1) is 12.7 Å². The molecule has 1 atom stereocenters. The van der Waals surface area contributed by atoms with E-state index in [-0.39, 0.29) is 11.2 Å². The van der Waals surface area contributed by atoms with E-state index in [0.29, 0.717) is 5.39 Å². The number of benzene rings is 3. The molecule has 0 spiro atoms. The van der Waals surface area contributed by atoms with Crippen LogP contribution in [0.2, 0.25) is 0 Å². The largest absolute Gasteiger partial charge is 0.206 e. The van der Waals surface area contributed by atoms with E-state index in [1.165, 1.54) is 11.6 Å². The minimum Gasteiger partial charge on any atom is -0.206 e. The third kappa shape index (κ3) is 2.30. The molecule has 3 aromatic carbocycles. The van der Waals surface area contributed by atoms with Gasteiger partial charge in [-0.2, -0.15) is 0 Å². The number of hydrogen-bond acceptors (Lipinski definition) is 0. The van der Waals surface area contributed by atoms with Crippen molar-refractivity contribution < 1.29 is 4.39 Å². The molecule has 0 amide bonds. The fraction of sp³-hybridized carbons (Fsp3) is 0.111. The van der Waals surface area contributed by atoms with Gasteiger partial charge in [-0.3, -0.25) is 0 Å². The van der Waals surface area contributed by atoms with Crippen molar-refractivity contribution in [3.05, 3.63) is 83.2 Å². The molecule has 0 aliphatic rings. The molecule has 3 aromatic rings. The Morgan fingerprint density at radius 2 is 1.65 bits per heavy atom. The molecule has 20 heavy (non-hydrogen) atoms. The molecule has 0 radical (unpaired) electrons. The van der Waals surface area contributed by atoms with Gasteiger partial charge in [-0.15, -0.1) is 11.6 Å². The van der Waals surface area contributed by atoms with E-state index in [2.05, 4.69) is 6.07 Å². The fourth-order valence-corrected chi connectivity index (χ4v) is 2.84. The summed E-state index contributed by atoms with van der Waals surface area (Å²) in [4.78, 5) is 0. The summed E-state index contributed by atoms with van der Waals surface area (Å²) in [5.41, 5.74) is 3.14. The summed E-state index contributed by atoms with van der Waals surface area (Å²) in [5, 5.41) is 1.21. The lowest BCUT2D eigenvalue weighted by Gasteiger charge is -2.14. The van der Waals surface area contributed by atoms with Gasteiger partial charge in [0.1, 0.15) is 5.82 Å². The predicted octanol–water partition coefficient (Wildman–Crippen LogP) is 5.62. The maximum atomic E-state index is 13.9. The molecule has 0 nitrogen and oxygen atoms in total. The van der Waals surface area contributed by atoms with Crippen LogP contribution < -0.4 is 0 Å². The Morgan fingerprint density at radius 3 is 2.40 bits per heavy atom. The molecule has 100 valence electrons. The summed E-state index contributed by atoms with van der Waals surface area (Å²) in [5.74, 6) is -0.211. The van der Waals surface area contributed by atoms with Gasteiger partial charge in [-0.1, -0.05) is 60.2 Å². The van der Waals surface area contributed by atoms with Crippen LogP contribution in [0.1, 0.15) is 22.1 Å². The quantitative estimate of drug-likeness (QED) is 0.536. The van der Waals surface area contributed by atoms with Gasteiger partial charge in [0.25, 0.3) is 0 Å². The van der Waals surface area contributed by atoms with Gasteiger partial charge in [0.2, 0.25) is 0 Å². The molecule has 0 N–H and O–H groups in total. The highest BCUT2D eigenvalue weighted by Gasteiger charge is 2.15. The normalized spacial score (nSPS) is 12.6. The first-order valence-electron chi connectivity index (χ1n) is 6.54. The topological polar surface area (TPSA) is 0 Å². The van der Waals surface area contributed by atoms with E-state index in [4.69, 9.17) is 11.6 Å². The summed E-state index contributed by atoms with van der Waals surface area (Å²) in [6.07, 6.45) is 0. The van der Waals surface area contributed by atoms with Gasteiger partial charge in [-0.25, -0.2) is 4.39 Å². The molecule has 0 aliphatic carbocycles. The second-order valence-corrected chi connectivity index (χ2v) is 5.40. The van der Waals surface area contributed by atoms with Crippen LogP contribution in [0.3, 0.4) is 0 Å². The summed E-state index contributed by atoms with van der Waals surface area (Å²) in [6.45, 7) is 2.04. The van der Waals surface area contributed by atoms with Gasteiger partial charge >= 0.3 is 0 Å². The Morgan fingerprint density at radius 1 is 0.900 bits per heavy atom. The van der Waals surface area contributed by atoms with Crippen molar-refractivity contribution in [2.24, 2.45) is 0 Å². The summed E-state index contributed by atoms with van der Waals surface area (Å²) < 4.78 is 13.9. The van der Waals surface area contributed by atoms with Gasteiger partial charge in [-0.05, 0) is 29.5 Å². The first-order valence-corrected chi connectivity index (χ1v) is 6.98. The zero-order chi connectivity index (χ0) is 14.1. The van der Waals surface area contributed by atoms with Gasteiger partial charge in [0.05, 0.1) is 5.38 Å². The number of halogens is 2. The highest BCUT2D eigenvalue weighted by molar-refractivity contribution is 6.23.